The molecule has 0 aromatic heterocycles. The molecule has 170 valence electrons. The third-order valence-electron chi connectivity index (χ3n) is 8.97. The number of esters is 1. The number of Topliss-reactive ketones (excluding diaryl/α,β-unsaturated/α-hetero) is 1. The molecule has 0 aromatic rings. The van der Waals surface area contributed by atoms with E-state index in [1.165, 1.54) is 19.1 Å². The zero-order chi connectivity index (χ0) is 22.9. The molecule has 8 atom stereocenters. The lowest BCUT2D eigenvalue weighted by Gasteiger charge is -2.59. The minimum absolute atomic E-state index is 0.0360. The van der Waals surface area contributed by atoms with Crippen molar-refractivity contribution in [2.75, 3.05) is 6.61 Å². The van der Waals surface area contributed by atoms with Crippen LogP contribution in [0, 0.1) is 34.5 Å². The second-order valence-electron chi connectivity index (χ2n) is 10.4. The minimum atomic E-state index is -1.72. The van der Waals surface area contributed by atoms with Gasteiger partial charge in [0.2, 0.25) is 11.6 Å². The highest BCUT2D eigenvalue weighted by atomic mass is 19.1. The number of ether oxygens (including phenoxy) is 1. The van der Waals surface area contributed by atoms with Crippen molar-refractivity contribution in [1.29, 1.82) is 0 Å². The predicted octanol–water partition coefficient (Wildman–Crippen LogP) is 2.67. The van der Waals surface area contributed by atoms with Crippen molar-refractivity contribution < 1.29 is 33.7 Å². The van der Waals surface area contributed by atoms with Crippen LogP contribution in [0.15, 0.2) is 23.6 Å². The number of hydrogen-bond acceptors (Lipinski definition) is 6. The van der Waals surface area contributed by atoms with Crippen LogP contribution in [-0.2, 0) is 19.1 Å². The van der Waals surface area contributed by atoms with Crippen molar-refractivity contribution >= 4 is 17.5 Å². The van der Waals surface area contributed by atoms with Crippen LogP contribution in [0.2, 0.25) is 0 Å². The number of aliphatic hydroxyl groups is 2. The molecule has 0 radical (unpaired) electrons. The number of hydrogen-bond donors (Lipinski definition) is 2. The van der Waals surface area contributed by atoms with Gasteiger partial charge in [-0.25, -0.2) is 4.39 Å². The standard InChI is InChI=1S/C24H31FO6/c1-12-7-16-15-6-5-14-8-18(27)17(25)9-22(14,3)21(15)19(28)10-23(16,4)24(12,30)20(29)11-31-13(2)26/h8-9,12,15-16,19,21,28,30H,5-7,10-11H2,1-4H3/t12-,15-,16-,19-,21+,22-,23-,24-/m0/s1. The highest BCUT2D eigenvalue weighted by Crippen LogP contribution is 2.68. The molecule has 2 N–H and O–H groups in total. The van der Waals surface area contributed by atoms with E-state index < -0.39 is 52.5 Å². The van der Waals surface area contributed by atoms with Crippen LogP contribution in [0.25, 0.3) is 0 Å². The van der Waals surface area contributed by atoms with Crippen LogP contribution in [0.1, 0.15) is 53.4 Å². The molecular formula is C24H31FO6. The largest absolute Gasteiger partial charge is 0.458 e. The number of ketones is 2. The topological polar surface area (TPSA) is 101 Å². The van der Waals surface area contributed by atoms with Gasteiger partial charge in [-0.3, -0.25) is 14.4 Å². The molecule has 4 aliphatic carbocycles. The normalized spacial score (nSPS) is 46.3. The van der Waals surface area contributed by atoms with E-state index in [0.29, 0.717) is 19.3 Å². The van der Waals surface area contributed by atoms with Gasteiger partial charge in [-0.1, -0.05) is 26.3 Å². The number of rotatable bonds is 3. The van der Waals surface area contributed by atoms with Gasteiger partial charge < -0.3 is 14.9 Å². The molecule has 0 heterocycles. The number of aliphatic hydroxyl groups excluding tert-OH is 1. The SMILES string of the molecule is CC(=O)OCC(=O)[C@@]1(O)[C@@H](C)C[C@H]2[C@@H]3CCC4=CC(=O)C(F)=C[C@]4(C)[C@H]3[C@@H](O)C[C@@]21C. The van der Waals surface area contributed by atoms with E-state index in [-0.39, 0.29) is 30.1 Å². The summed E-state index contributed by atoms with van der Waals surface area (Å²) >= 11 is 0. The zero-order valence-corrected chi connectivity index (χ0v) is 18.5. The summed E-state index contributed by atoms with van der Waals surface area (Å²) in [5, 5.41) is 23.0. The predicted molar refractivity (Wildman–Crippen MR) is 109 cm³/mol. The molecule has 31 heavy (non-hydrogen) atoms. The highest BCUT2D eigenvalue weighted by Gasteiger charge is 2.70. The van der Waals surface area contributed by atoms with Gasteiger partial charge in [-0.2, -0.15) is 0 Å². The Labute approximate surface area is 181 Å². The lowest BCUT2D eigenvalue weighted by Crippen LogP contribution is -2.62. The maximum Gasteiger partial charge on any atom is 0.303 e. The Bertz CT molecular complexity index is 908. The van der Waals surface area contributed by atoms with E-state index in [1.807, 2.05) is 20.8 Å². The van der Waals surface area contributed by atoms with Crippen molar-refractivity contribution in [3.63, 3.8) is 0 Å². The van der Waals surface area contributed by atoms with E-state index >= 15 is 0 Å². The fraction of sp³-hybridized carbons (Fsp3) is 0.708. The Morgan fingerprint density at radius 3 is 2.65 bits per heavy atom. The van der Waals surface area contributed by atoms with E-state index in [2.05, 4.69) is 0 Å². The minimum Gasteiger partial charge on any atom is -0.458 e. The fourth-order valence-corrected chi connectivity index (χ4v) is 7.59. The summed E-state index contributed by atoms with van der Waals surface area (Å²) in [6, 6.07) is 0. The second kappa shape index (κ2) is 7.07. The molecule has 0 saturated heterocycles. The smallest absolute Gasteiger partial charge is 0.303 e. The zero-order valence-electron chi connectivity index (χ0n) is 18.5. The second-order valence-corrected chi connectivity index (χ2v) is 10.4. The molecule has 0 aromatic carbocycles. The van der Waals surface area contributed by atoms with Crippen molar-refractivity contribution in [3.8, 4) is 0 Å². The van der Waals surface area contributed by atoms with E-state index in [1.54, 1.807) is 0 Å². The van der Waals surface area contributed by atoms with E-state index in [0.717, 1.165) is 5.57 Å². The third kappa shape index (κ3) is 2.92. The quantitative estimate of drug-likeness (QED) is 0.663. The molecule has 0 unspecified atom stereocenters. The molecule has 6 nitrogen and oxygen atoms in total. The van der Waals surface area contributed by atoms with Gasteiger partial charge in [-0.15, -0.1) is 0 Å². The highest BCUT2D eigenvalue weighted by molar-refractivity contribution is 6.04. The Morgan fingerprint density at radius 2 is 2.00 bits per heavy atom. The van der Waals surface area contributed by atoms with Gasteiger partial charge in [0, 0.05) is 23.7 Å². The molecule has 7 heteroatoms. The van der Waals surface area contributed by atoms with Crippen LogP contribution in [0.4, 0.5) is 4.39 Å². The van der Waals surface area contributed by atoms with Crippen LogP contribution in [0.5, 0.6) is 0 Å². The maximum absolute atomic E-state index is 14.3. The Morgan fingerprint density at radius 1 is 1.32 bits per heavy atom. The van der Waals surface area contributed by atoms with E-state index in [4.69, 9.17) is 4.74 Å². The van der Waals surface area contributed by atoms with Crippen molar-refractivity contribution in [1.82, 2.24) is 0 Å². The summed E-state index contributed by atoms with van der Waals surface area (Å²) in [6.45, 7) is 6.27. The fourth-order valence-electron chi connectivity index (χ4n) is 7.59. The Hall–Kier alpha value is -1.86. The lowest BCUT2D eigenvalue weighted by molar-refractivity contribution is -0.186. The molecule has 0 spiro atoms. The molecule has 3 fully saturated rings. The van der Waals surface area contributed by atoms with Crippen molar-refractivity contribution in [3.05, 3.63) is 23.6 Å². The van der Waals surface area contributed by atoms with Crippen molar-refractivity contribution in [2.45, 2.75) is 65.1 Å². The molecule has 4 rings (SSSR count). The summed E-state index contributed by atoms with van der Waals surface area (Å²) in [6.07, 6.45) is 3.94. The van der Waals surface area contributed by atoms with Crippen LogP contribution in [0.3, 0.4) is 0 Å². The van der Waals surface area contributed by atoms with Gasteiger partial charge in [-0.05, 0) is 55.6 Å². The first kappa shape index (κ1) is 22.3. The first-order valence-corrected chi connectivity index (χ1v) is 11.1. The average molecular weight is 435 g/mol. The van der Waals surface area contributed by atoms with Crippen molar-refractivity contribution in [2.24, 2.45) is 34.5 Å². The number of allylic oxidation sites excluding steroid dienone is 4. The molecule has 0 aliphatic heterocycles. The summed E-state index contributed by atoms with van der Waals surface area (Å²) in [5.74, 6) is -3.32. The molecule has 0 bridgehead atoms. The molecule has 3 saturated carbocycles. The Kier molecular flexibility index (Phi) is 5.10. The van der Waals surface area contributed by atoms with Gasteiger partial charge in [0.25, 0.3) is 0 Å². The summed E-state index contributed by atoms with van der Waals surface area (Å²) < 4.78 is 19.2. The van der Waals surface area contributed by atoms with Crippen LogP contribution in [-0.4, -0.2) is 46.1 Å². The van der Waals surface area contributed by atoms with Gasteiger partial charge in [0.1, 0.15) is 5.60 Å². The van der Waals surface area contributed by atoms with E-state index in [9.17, 15) is 29.0 Å². The maximum atomic E-state index is 14.3. The van der Waals surface area contributed by atoms with Gasteiger partial charge in [0.15, 0.2) is 12.4 Å². The summed E-state index contributed by atoms with van der Waals surface area (Å²) in [5.41, 5.74) is -2.54. The first-order chi connectivity index (χ1) is 14.4. The third-order valence-corrected chi connectivity index (χ3v) is 8.97. The van der Waals surface area contributed by atoms with Gasteiger partial charge >= 0.3 is 5.97 Å². The lowest BCUT2D eigenvalue weighted by atomic mass is 9.46. The summed E-state index contributed by atoms with van der Waals surface area (Å²) in [4.78, 5) is 36.2. The average Bonchev–Trinajstić information content (AvgIpc) is 2.88. The monoisotopic (exact) mass is 434 g/mol. The molecule has 4 aliphatic rings. The Balaban J connectivity index is 1.72. The number of carbonyl (C=O) groups is 3. The first-order valence-electron chi connectivity index (χ1n) is 11.1. The van der Waals surface area contributed by atoms with Crippen LogP contribution < -0.4 is 0 Å². The molecule has 0 amide bonds. The summed E-state index contributed by atoms with van der Waals surface area (Å²) in [7, 11) is 0. The number of halogens is 1. The number of fused-ring (bicyclic) bond motifs is 5. The van der Waals surface area contributed by atoms with Crippen LogP contribution >= 0.6 is 0 Å². The molecular weight excluding hydrogens is 403 g/mol. The number of carbonyl (C=O) groups excluding carboxylic acids is 3. The van der Waals surface area contributed by atoms with Gasteiger partial charge in [0.05, 0.1) is 6.10 Å².